The molecule has 17 heavy (non-hydrogen) atoms. The van der Waals surface area contributed by atoms with Crippen molar-refractivity contribution in [3.8, 4) is 0 Å². The van der Waals surface area contributed by atoms with Gasteiger partial charge in [-0.25, -0.2) is 4.79 Å². The lowest BCUT2D eigenvalue weighted by atomic mass is 9.98. The predicted molar refractivity (Wildman–Crippen MR) is 68.2 cm³/mol. The first-order chi connectivity index (χ1) is 8.15. The fourth-order valence-corrected chi connectivity index (χ4v) is 2.38. The summed E-state index contributed by atoms with van der Waals surface area (Å²) in [6.07, 6.45) is 5.48. The Bertz CT molecular complexity index is 394. The van der Waals surface area contributed by atoms with Crippen LogP contribution in [0.4, 0.5) is 5.69 Å². The number of hydrogen-bond donors (Lipinski definition) is 1. The van der Waals surface area contributed by atoms with Gasteiger partial charge in [0.05, 0.1) is 5.56 Å². The molecule has 0 aromatic heterocycles. The molecule has 1 aliphatic rings. The zero-order valence-corrected chi connectivity index (χ0v) is 10.4. The number of ether oxygens (including phenoxy) is 1. The number of nitrogen functional groups attached to an aromatic ring is 1. The van der Waals surface area contributed by atoms with Crippen molar-refractivity contribution in [2.24, 2.45) is 0 Å². The van der Waals surface area contributed by atoms with E-state index in [4.69, 9.17) is 22.1 Å². The molecule has 0 spiro atoms. The third kappa shape index (κ3) is 3.37. The molecule has 0 saturated heterocycles. The van der Waals surface area contributed by atoms with Crippen LogP contribution < -0.4 is 5.73 Å². The number of carbonyl (C=O) groups is 1. The number of esters is 1. The molecule has 1 aromatic rings. The molecular formula is C13H16ClNO2. The van der Waals surface area contributed by atoms with E-state index < -0.39 is 0 Å². The molecule has 2 N–H and O–H groups in total. The van der Waals surface area contributed by atoms with Crippen molar-refractivity contribution in [3.63, 3.8) is 0 Å². The van der Waals surface area contributed by atoms with Gasteiger partial charge in [0.25, 0.3) is 0 Å². The zero-order chi connectivity index (χ0) is 12.3. The van der Waals surface area contributed by atoms with Gasteiger partial charge in [-0.1, -0.05) is 18.0 Å². The van der Waals surface area contributed by atoms with E-state index in [9.17, 15) is 4.79 Å². The molecule has 3 nitrogen and oxygen atoms in total. The van der Waals surface area contributed by atoms with Crippen molar-refractivity contribution < 1.29 is 9.53 Å². The largest absolute Gasteiger partial charge is 0.459 e. The van der Waals surface area contributed by atoms with Gasteiger partial charge in [0, 0.05) is 10.7 Å². The van der Waals surface area contributed by atoms with Gasteiger partial charge in [-0.15, -0.1) is 0 Å². The van der Waals surface area contributed by atoms with E-state index in [1.165, 1.54) is 6.42 Å². The molecule has 0 aliphatic heterocycles. The minimum absolute atomic E-state index is 0.0523. The first kappa shape index (κ1) is 12.2. The Kier molecular flexibility index (Phi) is 3.89. The highest BCUT2D eigenvalue weighted by Crippen LogP contribution is 2.23. The van der Waals surface area contributed by atoms with Crippen LogP contribution in [0.25, 0.3) is 0 Å². The Morgan fingerprint density at radius 2 is 1.94 bits per heavy atom. The first-order valence-corrected chi connectivity index (χ1v) is 6.30. The van der Waals surface area contributed by atoms with E-state index in [0.29, 0.717) is 16.3 Å². The average Bonchev–Trinajstić information content (AvgIpc) is 2.29. The average molecular weight is 254 g/mol. The summed E-state index contributed by atoms with van der Waals surface area (Å²) >= 11 is 5.85. The van der Waals surface area contributed by atoms with Crippen LogP contribution >= 0.6 is 11.6 Å². The molecule has 0 amide bonds. The Hall–Kier alpha value is -1.22. The van der Waals surface area contributed by atoms with Crippen LogP contribution in [0.2, 0.25) is 5.02 Å². The van der Waals surface area contributed by atoms with Crippen molar-refractivity contribution in [3.05, 3.63) is 28.8 Å². The van der Waals surface area contributed by atoms with Crippen LogP contribution in [0.5, 0.6) is 0 Å². The number of rotatable bonds is 2. The maximum Gasteiger partial charge on any atom is 0.338 e. The van der Waals surface area contributed by atoms with Gasteiger partial charge in [-0.05, 0) is 43.9 Å². The Morgan fingerprint density at radius 3 is 2.59 bits per heavy atom. The second-order valence-electron chi connectivity index (χ2n) is 4.44. The van der Waals surface area contributed by atoms with E-state index in [1.54, 1.807) is 18.2 Å². The molecule has 0 atom stereocenters. The summed E-state index contributed by atoms with van der Waals surface area (Å²) in [5.74, 6) is -0.328. The Morgan fingerprint density at radius 1 is 1.24 bits per heavy atom. The second-order valence-corrected chi connectivity index (χ2v) is 4.88. The summed E-state index contributed by atoms with van der Waals surface area (Å²) in [7, 11) is 0. The standard InChI is InChI=1S/C13H16ClNO2/c14-10-6-9(7-11(15)8-10)13(16)17-12-4-2-1-3-5-12/h6-8,12H,1-5,15H2. The highest BCUT2D eigenvalue weighted by Gasteiger charge is 2.19. The summed E-state index contributed by atoms with van der Waals surface area (Å²) in [5.41, 5.74) is 6.55. The lowest BCUT2D eigenvalue weighted by Gasteiger charge is -2.21. The predicted octanol–water partition coefficient (Wildman–Crippen LogP) is 3.41. The van der Waals surface area contributed by atoms with Gasteiger partial charge in [-0.3, -0.25) is 0 Å². The third-order valence-corrected chi connectivity index (χ3v) is 3.20. The maximum atomic E-state index is 11.9. The molecule has 92 valence electrons. The number of carbonyl (C=O) groups excluding carboxylic acids is 1. The van der Waals surface area contributed by atoms with Crippen LogP contribution in [-0.2, 0) is 4.74 Å². The summed E-state index contributed by atoms with van der Waals surface area (Å²) in [5, 5.41) is 0.459. The van der Waals surface area contributed by atoms with Gasteiger partial charge in [-0.2, -0.15) is 0 Å². The van der Waals surface area contributed by atoms with Crippen LogP contribution in [0.1, 0.15) is 42.5 Å². The van der Waals surface area contributed by atoms with E-state index in [-0.39, 0.29) is 12.1 Å². The normalized spacial score (nSPS) is 16.8. The Balaban J connectivity index is 2.03. The van der Waals surface area contributed by atoms with E-state index >= 15 is 0 Å². The summed E-state index contributed by atoms with van der Waals surface area (Å²) in [4.78, 5) is 11.9. The summed E-state index contributed by atoms with van der Waals surface area (Å²) in [6, 6.07) is 4.79. The van der Waals surface area contributed by atoms with Crippen molar-refractivity contribution in [2.75, 3.05) is 5.73 Å². The van der Waals surface area contributed by atoms with E-state index in [0.717, 1.165) is 25.7 Å². The molecule has 1 saturated carbocycles. The SMILES string of the molecule is Nc1cc(Cl)cc(C(=O)OC2CCCCC2)c1. The van der Waals surface area contributed by atoms with Gasteiger partial charge < -0.3 is 10.5 Å². The highest BCUT2D eigenvalue weighted by molar-refractivity contribution is 6.31. The third-order valence-electron chi connectivity index (χ3n) is 2.98. The Labute approximate surface area is 106 Å². The molecular weight excluding hydrogens is 238 g/mol. The zero-order valence-electron chi connectivity index (χ0n) is 9.62. The maximum absolute atomic E-state index is 11.9. The van der Waals surface area contributed by atoms with E-state index in [1.807, 2.05) is 0 Å². The number of hydrogen-bond acceptors (Lipinski definition) is 3. The molecule has 4 heteroatoms. The molecule has 1 fully saturated rings. The smallest absolute Gasteiger partial charge is 0.338 e. The minimum atomic E-state index is -0.328. The van der Waals surface area contributed by atoms with Gasteiger partial charge in [0.15, 0.2) is 0 Å². The fourth-order valence-electron chi connectivity index (χ4n) is 2.13. The van der Waals surface area contributed by atoms with E-state index in [2.05, 4.69) is 0 Å². The van der Waals surface area contributed by atoms with Crippen molar-refractivity contribution in [2.45, 2.75) is 38.2 Å². The molecule has 2 rings (SSSR count). The lowest BCUT2D eigenvalue weighted by molar-refractivity contribution is 0.0211. The molecule has 1 aliphatic carbocycles. The number of halogens is 1. The van der Waals surface area contributed by atoms with Crippen LogP contribution in [0.15, 0.2) is 18.2 Å². The fraction of sp³-hybridized carbons (Fsp3) is 0.462. The lowest BCUT2D eigenvalue weighted by Crippen LogP contribution is -2.21. The quantitative estimate of drug-likeness (QED) is 0.649. The second kappa shape index (κ2) is 5.41. The van der Waals surface area contributed by atoms with Crippen LogP contribution in [0.3, 0.4) is 0 Å². The monoisotopic (exact) mass is 253 g/mol. The highest BCUT2D eigenvalue weighted by atomic mass is 35.5. The number of anilines is 1. The number of nitrogens with two attached hydrogens (primary N) is 1. The topological polar surface area (TPSA) is 52.3 Å². The van der Waals surface area contributed by atoms with Gasteiger partial charge in [0.1, 0.15) is 6.10 Å². The van der Waals surface area contributed by atoms with Gasteiger partial charge >= 0.3 is 5.97 Å². The minimum Gasteiger partial charge on any atom is -0.459 e. The molecule has 0 bridgehead atoms. The van der Waals surface area contributed by atoms with Crippen molar-refractivity contribution in [1.82, 2.24) is 0 Å². The van der Waals surface area contributed by atoms with Crippen molar-refractivity contribution in [1.29, 1.82) is 0 Å². The molecule has 0 heterocycles. The summed E-state index contributed by atoms with van der Waals surface area (Å²) < 4.78 is 5.43. The first-order valence-electron chi connectivity index (χ1n) is 5.92. The molecule has 0 radical (unpaired) electrons. The summed E-state index contributed by atoms with van der Waals surface area (Å²) in [6.45, 7) is 0. The molecule has 0 unspecified atom stereocenters. The van der Waals surface area contributed by atoms with Gasteiger partial charge in [0.2, 0.25) is 0 Å². The van der Waals surface area contributed by atoms with Crippen LogP contribution in [-0.4, -0.2) is 12.1 Å². The molecule has 1 aromatic carbocycles. The van der Waals surface area contributed by atoms with Crippen LogP contribution in [0, 0.1) is 0 Å². The van der Waals surface area contributed by atoms with Crippen molar-refractivity contribution >= 4 is 23.3 Å². The number of benzene rings is 1.